The van der Waals surface area contributed by atoms with Crippen LogP contribution in [0.3, 0.4) is 0 Å². The molecule has 2 unspecified atom stereocenters. The lowest BCUT2D eigenvalue weighted by atomic mass is 9.90. The summed E-state index contributed by atoms with van der Waals surface area (Å²) in [6.45, 7) is 11.0. The molecule has 66 heavy (non-hydrogen) atoms. The zero-order valence-electron chi connectivity index (χ0n) is 39.0. The molecule has 4 aromatic carbocycles. The molecule has 0 aliphatic carbocycles. The van der Waals surface area contributed by atoms with Gasteiger partial charge in [-0.2, -0.15) is 0 Å². The number of rotatable bonds is 15. The van der Waals surface area contributed by atoms with E-state index in [9.17, 15) is 38.7 Å². The first kappa shape index (κ1) is 55.6. The van der Waals surface area contributed by atoms with Crippen molar-refractivity contribution in [2.45, 2.75) is 85.7 Å². The van der Waals surface area contributed by atoms with E-state index in [-0.39, 0.29) is 18.6 Å². The van der Waals surface area contributed by atoms with Crippen LogP contribution in [0.4, 0.5) is 0 Å². The molecule has 15 nitrogen and oxygen atoms in total. The topological polar surface area (TPSA) is 226 Å². The first-order valence-corrected chi connectivity index (χ1v) is 22.6. The molecule has 1 aliphatic rings. The van der Waals surface area contributed by atoms with Crippen LogP contribution in [-0.4, -0.2) is 97.7 Å². The largest absolute Gasteiger partial charge is 0.507 e. The van der Waals surface area contributed by atoms with Gasteiger partial charge < -0.3 is 41.7 Å². The second kappa shape index (κ2) is 29.8. The smallest absolute Gasteiger partial charge is 0.293 e. The van der Waals surface area contributed by atoms with Crippen molar-refractivity contribution in [3.8, 4) is 28.0 Å². The Bertz CT molecular complexity index is 2220. The van der Waals surface area contributed by atoms with Gasteiger partial charge in [0.05, 0.1) is 19.6 Å². The molecule has 0 aromatic heterocycles. The lowest BCUT2D eigenvalue weighted by Crippen LogP contribution is -2.52. The molecule has 1 aliphatic heterocycles. The standard InChI is InChI=1S/C42H42ClN5O9.C4H11N.2C2H6/c1-3-4-28-8-11-30-19-33(28)34-17-25(5-16-36(34)51)18-35(41(55)44-20-32(50)23-57-24-49)47-37(52)21-45-42(56)39(30)48(2)38(53)22-46-40(54)29-9-6-26(7-10-29)27-12-14-31(43)15-13-27;1-2-3-4-5;2*1-2/h5-17,19,24,35,39,51H,3-4,18,20-23H2,1-2H3,(H,44,55)(H,45,56)(H,46,54)(H,47,52);2-5H2,1H3;2*1-2H3. The summed E-state index contributed by atoms with van der Waals surface area (Å²) < 4.78 is 4.44. The van der Waals surface area contributed by atoms with Crippen molar-refractivity contribution in [3.05, 3.63) is 112 Å². The molecule has 5 amide bonds. The fourth-order valence-corrected chi connectivity index (χ4v) is 6.73. The van der Waals surface area contributed by atoms with Crippen LogP contribution >= 0.6 is 11.6 Å². The summed E-state index contributed by atoms with van der Waals surface area (Å²) in [6, 6.07) is 21.5. The molecule has 4 aromatic rings. The van der Waals surface area contributed by atoms with Gasteiger partial charge in [-0.3, -0.25) is 33.6 Å². The van der Waals surface area contributed by atoms with Crippen molar-refractivity contribution in [1.82, 2.24) is 26.2 Å². The van der Waals surface area contributed by atoms with Crippen LogP contribution in [-0.2, 0) is 46.3 Å². The Morgan fingerprint density at radius 1 is 0.864 bits per heavy atom. The van der Waals surface area contributed by atoms with Gasteiger partial charge in [-0.25, -0.2) is 0 Å². The van der Waals surface area contributed by atoms with Gasteiger partial charge in [0.25, 0.3) is 12.4 Å². The Balaban J connectivity index is 0.00000154. The van der Waals surface area contributed by atoms with Crippen LogP contribution in [0, 0.1) is 0 Å². The number of phenols is 1. The van der Waals surface area contributed by atoms with Crippen LogP contribution in [0.25, 0.3) is 22.3 Å². The number of ketones is 1. The number of amides is 5. The summed E-state index contributed by atoms with van der Waals surface area (Å²) in [4.78, 5) is 90.9. The second-order valence-electron chi connectivity index (χ2n) is 14.5. The van der Waals surface area contributed by atoms with E-state index < -0.39 is 73.6 Å². The minimum Gasteiger partial charge on any atom is -0.507 e. The lowest BCUT2D eigenvalue weighted by molar-refractivity contribution is -0.139. The summed E-state index contributed by atoms with van der Waals surface area (Å²) >= 11 is 6.00. The second-order valence-corrected chi connectivity index (χ2v) is 15.0. The van der Waals surface area contributed by atoms with Gasteiger partial charge in [-0.1, -0.05) is 108 Å². The number of ether oxygens (including phenoxy) is 1. The maximum absolute atomic E-state index is 14.0. The summed E-state index contributed by atoms with van der Waals surface area (Å²) in [5, 5.41) is 21.9. The first-order chi connectivity index (χ1) is 31.8. The third kappa shape index (κ3) is 17.1. The number of likely N-dealkylation sites (N-methyl/N-ethyl adjacent to an activating group) is 1. The van der Waals surface area contributed by atoms with Crippen LogP contribution in [0.2, 0.25) is 5.02 Å². The predicted octanol–water partition coefficient (Wildman–Crippen LogP) is 6.07. The number of fused-ring (bicyclic) bond motifs is 5. The average molecular weight is 930 g/mol. The van der Waals surface area contributed by atoms with Crippen molar-refractivity contribution in [2.24, 2.45) is 5.73 Å². The number of halogens is 1. The quantitative estimate of drug-likeness (QED) is 0.0754. The van der Waals surface area contributed by atoms with Crippen LogP contribution in [0.5, 0.6) is 5.75 Å². The van der Waals surface area contributed by atoms with Crippen molar-refractivity contribution >= 4 is 53.4 Å². The summed E-state index contributed by atoms with van der Waals surface area (Å²) in [5.74, 6) is -3.97. The molecule has 2 atom stereocenters. The molecule has 0 saturated carbocycles. The third-order valence-electron chi connectivity index (χ3n) is 9.92. The predicted molar refractivity (Wildman–Crippen MR) is 258 cm³/mol. The highest BCUT2D eigenvalue weighted by Crippen LogP contribution is 2.36. The molecule has 0 saturated heterocycles. The maximum Gasteiger partial charge on any atom is 0.293 e. The van der Waals surface area contributed by atoms with E-state index in [1.807, 2.05) is 52.8 Å². The zero-order valence-corrected chi connectivity index (χ0v) is 39.8. The normalized spacial score (nSPS) is 14.0. The number of aromatic hydroxyl groups is 1. The van der Waals surface area contributed by atoms with Gasteiger partial charge in [0.2, 0.25) is 23.6 Å². The lowest BCUT2D eigenvalue weighted by Gasteiger charge is -2.29. The van der Waals surface area contributed by atoms with Gasteiger partial charge in [0.1, 0.15) is 17.8 Å². The van der Waals surface area contributed by atoms with E-state index in [0.717, 1.165) is 29.7 Å². The highest BCUT2D eigenvalue weighted by molar-refractivity contribution is 6.30. The van der Waals surface area contributed by atoms with Gasteiger partial charge in [-0.15, -0.1) is 0 Å². The molecule has 16 heteroatoms. The Labute approximate surface area is 393 Å². The van der Waals surface area contributed by atoms with E-state index in [4.69, 9.17) is 17.3 Å². The molecular formula is C50H65ClN6O9. The van der Waals surface area contributed by atoms with Gasteiger partial charge in [-0.05, 0) is 95.2 Å². The molecule has 0 fully saturated rings. The molecular weight excluding hydrogens is 864 g/mol. The van der Waals surface area contributed by atoms with Crippen molar-refractivity contribution in [2.75, 3.05) is 39.8 Å². The van der Waals surface area contributed by atoms with Crippen molar-refractivity contribution in [3.63, 3.8) is 0 Å². The monoisotopic (exact) mass is 928 g/mol. The number of carbonyl (C=O) groups excluding carboxylic acids is 7. The summed E-state index contributed by atoms with van der Waals surface area (Å²) in [6.07, 6.45) is 3.71. The minimum atomic E-state index is -1.29. The fraction of sp³-hybridized carbons (Fsp3) is 0.380. The number of carbonyl (C=O) groups is 7. The van der Waals surface area contributed by atoms with Crippen LogP contribution in [0.1, 0.15) is 93.9 Å². The average Bonchev–Trinajstić information content (AvgIpc) is 3.33. The molecule has 5 rings (SSSR count). The minimum absolute atomic E-state index is 0.0429. The fourth-order valence-electron chi connectivity index (χ4n) is 6.61. The Hall–Kier alpha value is -6.58. The van der Waals surface area contributed by atoms with Crippen LogP contribution in [0.15, 0.2) is 84.9 Å². The van der Waals surface area contributed by atoms with Crippen LogP contribution < -0.4 is 27.0 Å². The van der Waals surface area contributed by atoms with E-state index in [0.29, 0.717) is 39.3 Å². The van der Waals surface area contributed by atoms with Gasteiger partial charge >= 0.3 is 0 Å². The number of hydrogen-bond acceptors (Lipinski definition) is 10. The Kier molecular flexibility index (Phi) is 25.1. The molecule has 0 radical (unpaired) electrons. The van der Waals surface area contributed by atoms with E-state index in [2.05, 4.69) is 32.9 Å². The molecule has 4 bridgehead atoms. The van der Waals surface area contributed by atoms with Gasteiger partial charge in [0, 0.05) is 29.6 Å². The van der Waals surface area contributed by atoms with Gasteiger partial charge in [0.15, 0.2) is 12.4 Å². The van der Waals surface area contributed by atoms with Crippen molar-refractivity contribution in [1.29, 1.82) is 0 Å². The van der Waals surface area contributed by atoms with Crippen molar-refractivity contribution < 1.29 is 43.4 Å². The number of phenolic OH excluding ortho intramolecular Hbond substituents is 1. The molecule has 356 valence electrons. The number of hydrogen-bond donors (Lipinski definition) is 6. The number of unbranched alkanes of at least 4 members (excludes halogenated alkanes) is 1. The zero-order chi connectivity index (χ0) is 49.2. The number of nitrogens with zero attached hydrogens (tertiary/aromatic N) is 1. The van der Waals surface area contributed by atoms with E-state index in [1.54, 1.807) is 60.7 Å². The number of nitrogens with one attached hydrogen (secondary N) is 4. The maximum atomic E-state index is 14.0. The van der Waals surface area contributed by atoms with E-state index in [1.165, 1.54) is 30.9 Å². The number of aryl methyl sites for hydroxylation is 1. The number of nitrogens with two attached hydrogens (primary N) is 1. The summed E-state index contributed by atoms with van der Waals surface area (Å²) in [5.41, 5.74) is 10.0. The summed E-state index contributed by atoms with van der Waals surface area (Å²) in [7, 11) is 1.41. The third-order valence-corrected chi connectivity index (χ3v) is 10.2. The SMILES string of the molecule is CC.CC.CCCCN.CCCc1ccc2cc1-c1cc(ccc1O)CC(C(=O)NCC(=O)COC=O)NC(=O)CNC(=O)C2N(C)C(=O)CNC(=O)c1ccc(-c2ccc(Cl)cc2)cc1. The molecule has 7 N–H and O–H groups in total. The number of Topliss-reactive ketones (excluding diaryl/α,β-unsaturated/α-hetero) is 1. The number of benzene rings is 4. The van der Waals surface area contributed by atoms with E-state index >= 15 is 0 Å². The highest BCUT2D eigenvalue weighted by atomic mass is 35.5. The molecule has 1 heterocycles. The molecule has 0 spiro atoms. The first-order valence-electron chi connectivity index (χ1n) is 22.3. The Morgan fingerprint density at radius 2 is 1.52 bits per heavy atom. The Morgan fingerprint density at radius 3 is 2.11 bits per heavy atom. The highest BCUT2D eigenvalue weighted by Gasteiger charge is 2.31.